The van der Waals surface area contributed by atoms with Crippen molar-refractivity contribution >= 4 is 5.69 Å². The van der Waals surface area contributed by atoms with Crippen LogP contribution in [0.2, 0.25) is 0 Å². The summed E-state index contributed by atoms with van der Waals surface area (Å²) >= 11 is 0. The van der Waals surface area contributed by atoms with Crippen LogP contribution in [-0.4, -0.2) is 21.7 Å². The summed E-state index contributed by atoms with van der Waals surface area (Å²) in [6.45, 7) is 3.82. The Labute approximate surface area is 138 Å². The van der Waals surface area contributed by atoms with E-state index >= 15 is 0 Å². The van der Waals surface area contributed by atoms with Gasteiger partial charge in [0.05, 0.1) is 28.5 Å². The van der Waals surface area contributed by atoms with Crippen LogP contribution in [0.15, 0.2) is 47.0 Å². The second-order valence-electron chi connectivity index (χ2n) is 5.10. The number of nitro groups is 1. The highest BCUT2D eigenvalue weighted by molar-refractivity contribution is 5.81. The molecule has 24 heavy (non-hydrogen) atoms. The minimum absolute atomic E-state index is 0.0126. The molecule has 0 aliphatic carbocycles. The van der Waals surface area contributed by atoms with Gasteiger partial charge in [-0.25, -0.2) is 4.98 Å². The Morgan fingerprint density at radius 3 is 2.58 bits per heavy atom. The summed E-state index contributed by atoms with van der Waals surface area (Å²) in [5.74, 6) is 0.409. The normalized spacial score (nSPS) is 10.6. The number of hydrogen-bond acceptors (Lipinski definition) is 6. The maximum atomic E-state index is 11.4. The molecule has 0 saturated carbocycles. The van der Waals surface area contributed by atoms with Gasteiger partial charge in [0.1, 0.15) is 0 Å². The van der Waals surface area contributed by atoms with Crippen molar-refractivity contribution < 1.29 is 14.2 Å². The number of aryl methyl sites for hydroxylation is 1. The average Bonchev–Trinajstić information content (AvgIpc) is 3.01. The molecule has 2 heterocycles. The van der Waals surface area contributed by atoms with Crippen LogP contribution in [0.25, 0.3) is 22.6 Å². The Hall–Kier alpha value is -3.22. The van der Waals surface area contributed by atoms with Crippen LogP contribution in [0, 0.1) is 17.0 Å². The van der Waals surface area contributed by atoms with Gasteiger partial charge in [-0.05, 0) is 13.8 Å². The SMILES string of the molecule is CCOc1nc(-c2ccccc2)c(-c2cc(C)no2)cc1[N+](=O)[O-]. The molecule has 3 aromatic rings. The maximum Gasteiger partial charge on any atom is 0.331 e. The fraction of sp³-hybridized carbons (Fsp3) is 0.176. The molecule has 122 valence electrons. The van der Waals surface area contributed by atoms with Crippen LogP contribution in [0.4, 0.5) is 5.69 Å². The zero-order valence-corrected chi connectivity index (χ0v) is 13.2. The first-order valence-electron chi connectivity index (χ1n) is 7.41. The number of aromatic nitrogens is 2. The van der Waals surface area contributed by atoms with Crippen molar-refractivity contribution in [2.75, 3.05) is 6.61 Å². The molecule has 3 rings (SSSR count). The summed E-state index contributed by atoms with van der Waals surface area (Å²) in [4.78, 5) is 15.2. The van der Waals surface area contributed by atoms with Gasteiger partial charge in [0.2, 0.25) is 0 Å². The number of rotatable bonds is 5. The molecular formula is C17H15N3O4. The summed E-state index contributed by atoms with van der Waals surface area (Å²) in [6, 6.07) is 12.5. The van der Waals surface area contributed by atoms with E-state index in [4.69, 9.17) is 9.26 Å². The number of ether oxygens (including phenoxy) is 1. The third kappa shape index (κ3) is 2.96. The van der Waals surface area contributed by atoms with Gasteiger partial charge in [0, 0.05) is 17.7 Å². The van der Waals surface area contributed by atoms with Crippen molar-refractivity contribution in [1.82, 2.24) is 10.1 Å². The van der Waals surface area contributed by atoms with Crippen molar-refractivity contribution in [3.05, 3.63) is 58.3 Å². The Balaban J connectivity index is 2.28. The van der Waals surface area contributed by atoms with E-state index < -0.39 is 4.92 Å². The molecule has 0 radical (unpaired) electrons. The van der Waals surface area contributed by atoms with Gasteiger partial charge in [-0.15, -0.1) is 0 Å². The third-order valence-electron chi connectivity index (χ3n) is 3.39. The summed E-state index contributed by atoms with van der Waals surface area (Å²) in [5.41, 5.74) is 2.32. The topological polar surface area (TPSA) is 91.3 Å². The first kappa shape index (κ1) is 15.7. The predicted molar refractivity (Wildman–Crippen MR) is 87.7 cm³/mol. The molecule has 0 spiro atoms. The lowest BCUT2D eigenvalue weighted by atomic mass is 10.0. The number of nitrogens with zero attached hydrogens (tertiary/aromatic N) is 3. The molecule has 1 aromatic carbocycles. The first-order chi connectivity index (χ1) is 11.6. The molecule has 7 heteroatoms. The lowest BCUT2D eigenvalue weighted by Crippen LogP contribution is -2.02. The number of hydrogen-bond donors (Lipinski definition) is 0. The molecular weight excluding hydrogens is 310 g/mol. The standard InChI is InChI=1S/C17H15N3O4/c1-3-23-17-14(20(21)22)10-13(15-9-11(2)19-24-15)16(18-17)12-7-5-4-6-8-12/h4-10H,3H2,1-2H3. The van der Waals surface area contributed by atoms with E-state index in [2.05, 4.69) is 10.1 Å². The van der Waals surface area contributed by atoms with Crippen molar-refractivity contribution in [1.29, 1.82) is 0 Å². The van der Waals surface area contributed by atoms with Gasteiger partial charge in [-0.2, -0.15) is 0 Å². The van der Waals surface area contributed by atoms with Gasteiger partial charge in [0.15, 0.2) is 5.76 Å². The molecule has 0 fully saturated rings. The lowest BCUT2D eigenvalue weighted by Gasteiger charge is -2.10. The van der Waals surface area contributed by atoms with Crippen molar-refractivity contribution in [3.63, 3.8) is 0 Å². The van der Waals surface area contributed by atoms with Gasteiger partial charge in [-0.1, -0.05) is 35.5 Å². The van der Waals surface area contributed by atoms with Crippen LogP contribution in [0.3, 0.4) is 0 Å². The molecule has 0 aliphatic rings. The summed E-state index contributed by atoms with van der Waals surface area (Å²) in [7, 11) is 0. The van der Waals surface area contributed by atoms with Crippen LogP contribution < -0.4 is 4.74 Å². The van der Waals surface area contributed by atoms with E-state index in [1.165, 1.54) is 6.07 Å². The Morgan fingerprint density at radius 2 is 2.00 bits per heavy atom. The highest BCUT2D eigenvalue weighted by Gasteiger charge is 2.24. The summed E-state index contributed by atoms with van der Waals surface area (Å²) in [6.07, 6.45) is 0. The van der Waals surface area contributed by atoms with E-state index in [9.17, 15) is 10.1 Å². The Bertz CT molecular complexity index is 875. The first-order valence-corrected chi connectivity index (χ1v) is 7.41. The number of pyridine rings is 1. The molecule has 2 aromatic heterocycles. The molecule has 0 bridgehead atoms. The van der Waals surface area contributed by atoms with Crippen molar-refractivity contribution in [2.24, 2.45) is 0 Å². The fourth-order valence-corrected chi connectivity index (χ4v) is 2.35. The predicted octanol–water partition coefficient (Wildman–Crippen LogP) is 4.02. The van der Waals surface area contributed by atoms with E-state index in [-0.39, 0.29) is 18.2 Å². The summed E-state index contributed by atoms with van der Waals surface area (Å²) in [5, 5.41) is 15.2. The second-order valence-corrected chi connectivity index (χ2v) is 5.10. The van der Waals surface area contributed by atoms with Crippen LogP contribution in [0.5, 0.6) is 5.88 Å². The zero-order chi connectivity index (χ0) is 17.1. The number of benzene rings is 1. The van der Waals surface area contributed by atoms with E-state index in [0.717, 1.165) is 5.56 Å². The quantitative estimate of drug-likeness (QED) is 0.520. The highest BCUT2D eigenvalue weighted by Crippen LogP contribution is 2.38. The third-order valence-corrected chi connectivity index (χ3v) is 3.39. The largest absolute Gasteiger partial charge is 0.473 e. The monoisotopic (exact) mass is 325 g/mol. The minimum Gasteiger partial charge on any atom is -0.473 e. The van der Waals surface area contributed by atoms with Crippen LogP contribution >= 0.6 is 0 Å². The summed E-state index contributed by atoms with van der Waals surface area (Å²) < 4.78 is 10.7. The van der Waals surface area contributed by atoms with Gasteiger partial charge < -0.3 is 9.26 Å². The minimum atomic E-state index is -0.514. The van der Waals surface area contributed by atoms with Crippen LogP contribution in [-0.2, 0) is 0 Å². The lowest BCUT2D eigenvalue weighted by molar-refractivity contribution is -0.386. The van der Waals surface area contributed by atoms with Crippen LogP contribution in [0.1, 0.15) is 12.6 Å². The second kappa shape index (κ2) is 6.49. The van der Waals surface area contributed by atoms with Gasteiger partial charge in [0.25, 0.3) is 5.88 Å². The molecule has 0 unspecified atom stereocenters. The molecule has 0 atom stereocenters. The van der Waals surface area contributed by atoms with Gasteiger partial charge >= 0.3 is 5.69 Å². The maximum absolute atomic E-state index is 11.4. The molecule has 0 amide bonds. The molecule has 0 saturated heterocycles. The van der Waals surface area contributed by atoms with Crippen molar-refractivity contribution in [2.45, 2.75) is 13.8 Å². The van der Waals surface area contributed by atoms with E-state index in [1.54, 1.807) is 19.9 Å². The highest BCUT2D eigenvalue weighted by atomic mass is 16.6. The average molecular weight is 325 g/mol. The van der Waals surface area contributed by atoms with Crippen molar-refractivity contribution in [3.8, 4) is 28.5 Å². The fourth-order valence-electron chi connectivity index (χ4n) is 2.35. The molecule has 0 aliphatic heterocycles. The molecule has 0 N–H and O–H groups in total. The van der Waals surface area contributed by atoms with Gasteiger partial charge in [-0.3, -0.25) is 10.1 Å². The molecule has 7 nitrogen and oxygen atoms in total. The zero-order valence-electron chi connectivity index (χ0n) is 13.2. The van der Waals surface area contributed by atoms with E-state index in [1.807, 2.05) is 30.3 Å². The van der Waals surface area contributed by atoms with E-state index in [0.29, 0.717) is 22.7 Å². The smallest absolute Gasteiger partial charge is 0.331 e. The Morgan fingerprint density at radius 1 is 1.25 bits per heavy atom. The Kier molecular flexibility index (Phi) is 4.24.